The number of rotatable bonds is 7. The highest BCUT2D eigenvalue weighted by Gasteiger charge is 2.27. The molecule has 0 unspecified atom stereocenters. The first-order valence-corrected chi connectivity index (χ1v) is 10.2. The van der Waals surface area contributed by atoms with Gasteiger partial charge in [-0.1, -0.05) is 6.07 Å². The van der Waals surface area contributed by atoms with E-state index in [1.165, 1.54) is 0 Å². The van der Waals surface area contributed by atoms with E-state index in [1.54, 1.807) is 22.9 Å². The van der Waals surface area contributed by atoms with Gasteiger partial charge in [0, 0.05) is 32.9 Å². The third-order valence-electron chi connectivity index (χ3n) is 4.80. The Balaban J connectivity index is 1.70. The minimum absolute atomic E-state index is 0.0302. The molecule has 3 rings (SSSR count). The number of nitrogens with zero attached hydrogens (tertiary/aromatic N) is 5. The number of aryl methyl sites for hydroxylation is 1. The predicted molar refractivity (Wildman–Crippen MR) is 116 cm³/mol. The van der Waals surface area contributed by atoms with Crippen LogP contribution in [0.25, 0.3) is 0 Å². The Hall–Kier alpha value is -3.23. The summed E-state index contributed by atoms with van der Waals surface area (Å²) >= 11 is 0. The zero-order chi connectivity index (χ0) is 21.5. The highest BCUT2D eigenvalue weighted by Crippen LogP contribution is 2.28. The molecule has 9 heteroatoms. The summed E-state index contributed by atoms with van der Waals surface area (Å²) in [5.74, 6) is 2.17. The molecular formula is C21H30N6O3. The van der Waals surface area contributed by atoms with Gasteiger partial charge >= 0.3 is 0 Å². The molecule has 0 spiro atoms. The van der Waals surface area contributed by atoms with Crippen molar-refractivity contribution < 1.29 is 14.3 Å². The van der Waals surface area contributed by atoms with E-state index in [4.69, 9.17) is 14.5 Å². The molecule has 1 saturated heterocycles. The molecule has 1 aromatic carbocycles. The fraction of sp³-hybridized carbons (Fsp3) is 0.476. The van der Waals surface area contributed by atoms with Gasteiger partial charge in [-0.2, -0.15) is 5.10 Å². The predicted octanol–water partition coefficient (Wildman–Crippen LogP) is 1.64. The first-order valence-electron chi connectivity index (χ1n) is 10.2. The molecular weight excluding hydrogens is 384 g/mol. The molecule has 0 saturated carbocycles. The fourth-order valence-corrected chi connectivity index (χ4v) is 3.35. The van der Waals surface area contributed by atoms with Crippen molar-refractivity contribution in [2.45, 2.75) is 20.4 Å². The van der Waals surface area contributed by atoms with Crippen molar-refractivity contribution in [3.63, 3.8) is 0 Å². The van der Waals surface area contributed by atoms with Crippen molar-refractivity contribution in [2.75, 3.05) is 44.8 Å². The number of aliphatic imine (C=N–C) groups is 1. The summed E-state index contributed by atoms with van der Waals surface area (Å²) < 4.78 is 12.7. The van der Waals surface area contributed by atoms with Crippen LogP contribution in [-0.2, 0) is 18.4 Å². The van der Waals surface area contributed by atoms with Crippen molar-refractivity contribution in [3.05, 3.63) is 36.2 Å². The molecule has 1 fully saturated rings. The molecule has 2 aromatic rings. The van der Waals surface area contributed by atoms with Gasteiger partial charge in [-0.05, 0) is 31.5 Å². The monoisotopic (exact) mass is 414 g/mol. The van der Waals surface area contributed by atoms with Gasteiger partial charge in [-0.3, -0.25) is 9.48 Å². The van der Waals surface area contributed by atoms with E-state index >= 15 is 0 Å². The summed E-state index contributed by atoms with van der Waals surface area (Å²) in [6, 6.07) is 5.81. The van der Waals surface area contributed by atoms with Crippen LogP contribution in [0.1, 0.15) is 19.4 Å². The summed E-state index contributed by atoms with van der Waals surface area (Å²) in [6.07, 6.45) is 3.57. The Bertz CT molecular complexity index is 895. The van der Waals surface area contributed by atoms with Gasteiger partial charge in [0.2, 0.25) is 5.91 Å². The lowest BCUT2D eigenvalue weighted by Gasteiger charge is -2.35. The maximum Gasteiger partial charge on any atom is 0.246 e. The topological polar surface area (TPSA) is 84.2 Å². The van der Waals surface area contributed by atoms with Crippen LogP contribution in [0.3, 0.4) is 0 Å². The second kappa shape index (κ2) is 10.00. The lowest BCUT2D eigenvalue weighted by molar-refractivity contribution is -0.120. The molecule has 1 aliphatic heterocycles. The smallest absolute Gasteiger partial charge is 0.246 e. The highest BCUT2D eigenvalue weighted by atomic mass is 16.5. The van der Waals surface area contributed by atoms with E-state index in [0.717, 1.165) is 29.5 Å². The van der Waals surface area contributed by atoms with Crippen LogP contribution in [0, 0.1) is 0 Å². The summed E-state index contributed by atoms with van der Waals surface area (Å²) in [5.41, 5.74) is 1.83. The summed E-state index contributed by atoms with van der Waals surface area (Å²) in [6.45, 7) is 7.29. The number of anilines is 1. The normalized spacial score (nSPS) is 14.8. The molecule has 162 valence electrons. The number of ether oxygens (including phenoxy) is 2. The van der Waals surface area contributed by atoms with Crippen molar-refractivity contribution in [1.29, 1.82) is 0 Å². The van der Waals surface area contributed by atoms with Gasteiger partial charge < -0.3 is 24.6 Å². The zero-order valence-corrected chi connectivity index (χ0v) is 18.1. The quantitative estimate of drug-likeness (QED) is 0.548. The third kappa shape index (κ3) is 5.03. The number of guanidine groups is 1. The number of nitrogens with one attached hydrogen (secondary N) is 1. The number of piperazine rings is 1. The highest BCUT2D eigenvalue weighted by molar-refractivity contribution is 5.98. The van der Waals surface area contributed by atoms with E-state index in [0.29, 0.717) is 32.0 Å². The Morgan fingerprint density at radius 3 is 2.73 bits per heavy atom. The van der Waals surface area contributed by atoms with E-state index < -0.39 is 0 Å². The minimum atomic E-state index is 0.0302. The first kappa shape index (κ1) is 21.5. The average Bonchev–Trinajstić information content (AvgIpc) is 3.18. The Morgan fingerprint density at radius 1 is 1.27 bits per heavy atom. The number of hydrogen-bond acceptors (Lipinski definition) is 5. The van der Waals surface area contributed by atoms with Crippen molar-refractivity contribution in [3.8, 4) is 11.5 Å². The van der Waals surface area contributed by atoms with Crippen LogP contribution in [-0.4, -0.2) is 66.4 Å². The Kier molecular flexibility index (Phi) is 7.16. The number of benzene rings is 1. The maximum atomic E-state index is 12.7. The fourth-order valence-electron chi connectivity index (χ4n) is 3.35. The van der Waals surface area contributed by atoms with Gasteiger partial charge in [-0.25, -0.2) is 4.99 Å². The van der Waals surface area contributed by atoms with Crippen molar-refractivity contribution in [1.82, 2.24) is 20.0 Å². The molecule has 30 heavy (non-hydrogen) atoms. The average molecular weight is 415 g/mol. The molecule has 0 atom stereocenters. The number of aromatic nitrogens is 2. The Morgan fingerprint density at radius 2 is 2.10 bits per heavy atom. The van der Waals surface area contributed by atoms with Crippen LogP contribution in [0.15, 0.2) is 35.6 Å². The van der Waals surface area contributed by atoms with Crippen molar-refractivity contribution >= 4 is 17.6 Å². The van der Waals surface area contributed by atoms with E-state index in [2.05, 4.69) is 10.4 Å². The summed E-state index contributed by atoms with van der Waals surface area (Å²) in [4.78, 5) is 21.2. The zero-order valence-electron chi connectivity index (χ0n) is 18.1. The number of hydrogen-bond donors (Lipinski definition) is 1. The number of carbonyl (C=O) groups is 1. The molecule has 1 aliphatic rings. The van der Waals surface area contributed by atoms with Crippen LogP contribution in [0.5, 0.6) is 11.5 Å². The van der Waals surface area contributed by atoms with Gasteiger partial charge in [-0.15, -0.1) is 0 Å². The van der Waals surface area contributed by atoms with Gasteiger partial charge in [0.15, 0.2) is 17.5 Å². The standard InChI is InChI=1S/C21H30N6O3/c1-5-22-21(23-12-16-7-8-18(30-6-2)19(11-16)29-4)26-9-10-27(20(28)15-26)17-13-24-25(3)14-17/h7-8,11,13-14H,5-6,9-10,12,15H2,1-4H3,(H,22,23). The van der Waals surface area contributed by atoms with Crippen molar-refractivity contribution in [2.24, 2.45) is 12.0 Å². The molecule has 0 aliphatic carbocycles. The lowest BCUT2D eigenvalue weighted by Crippen LogP contribution is -2.55. The number of carbonyl (C=O) groups excluding carboxylic acids is 1. The summed E-state index contributed by atoms with van der Waals surface area (Å²) in [5, 5.41) is 7.45. The van der Waals surface area contributed by atoms with Crippen LogP contribution in [0.2, 0.25) is 0 Å². The Labute approximate surface area is 177 Å². The molecule has 2 heterocycles. The van der Waals surface area contributed by atoms with E-state index in [-0.39, 0.29) is 12.5 Å². The lowest BCUT2D eigenvalue weighted by atomic mass is 10.2. The second-order valence-electron chi connectivity index (χ2n) is 6.93. The molecule has 1 aromatic heterocycles. The van der Waals surface area contributed by atoms with Crippen LogP contribution in [0.4, 0.5) is 5.69 Å². The van der Waals surface area contributed by atoms with Gasteiger partial charge in [0.25, 0.3) is 0 Å². The molecule has 1 amide bonds. The van der Waals surface area contributed by atoms with Gasteiger partial charge in [0.1, 0.15) is 6.54 Å². The van der Waals surface area contributed by atoms with E-state index in [9.17, 15) is 4.79 Å². The molecule has 0 radical (unpaired) electrons. The summed E-state index contributed by atoms with van der Waals surface area (Å²) in [7, 11) is 3.47. The van der Waals surface area contributed by atoms with Crippen LogP contribution < -0.4 is 19.7 Å². The maximum absolute atomic E-state index is 12.7. The molecule has 1 N–H and O–H groups in total. The molecule has 9 nitrogen and oxygen atoms in total. The molecule has 0 bridgehead atoms. The third-order valence-corrected chi connectivity index (χ3v) is 4.80. The van der Waals surface area contributed by atoms with Crippen LogP contribution >= 0.6 is 0 Å². The number of amides is 1. The minimum Gasteiger partial charge on any atom is -0.493 e. The SMILES string of the molecule is CCNC(=NCc1ccc(OCC)c(OC)c1)N1CCN(c2cnn(C)c2)C(=O)C1. The number of methoxy groups -OCH3 is 1. The largest absolute Gasteiger partial charge is 0.493 e. The second-order valence-corrected chi connectivity index (χ2v) is 6.93. The van der Waals surface area contributed by atoms with Gasteiger partial charge in [0.05, 0.1) is 32.1 Å². The van der Waals surface area contributed by atoms with E-state index in [1.807, 2.05) is 50.2 Å². The first-order chi connectivity index (χ1) is 14.5.